The van der Waals surface area contributed by atoms with Gasteiger partial charge in [0.15, 0.2) is 12.6 Å². The lowest BCUT2D eigenvalue weighted by molar-refractivity contribution is -0.183. The Morgan fingerprint density at radius 3 is 1.51 bits per heavy atom. The van der Waals surface area contributed by atoms with E-state index in [2.05, 4.69) is 0 Å². The number of hydrogen-bond donors (Lipinski definition) is 12. The lowest BCUT2D eigenvalue weighted by Gasteiger charge is -2.27. The molecule has 2 aliphatic rings. The predicted octanol–water partition coefficient (Wildman–Crippen LogP) is -3.98. The normalized spacial score (nSPS) is 32.9. The Labute approximate surface area is 294 Å². The topological polar surface area (TPSA) is 357 Å². The van der Waals surface area contributed by atoms with Crippen LogP contribution in [0.25, 0.3) is 0 Å². The first-order valence-corrected chi connectivity index (χ1v) is 19.4. The Balaban J connectivity index is 1.85. The van der Waals surface area contributed by atoms with Crippen LogP contribution < -0.4 is 5.73 Å². The van der Waals surface area contributed by atoms with Gasteiger partial charge in [0.05, 0.1) is 46.2 Å². The molecule has 0 saturated carbocycles. The Hall–Kier alpha value is -0.340. The molecule has 13 N–H and O–H groups in total. The minimum atomic E-state index is -5.04. The second kappa shape index (κ2) is 22.3. The standard InChI is InChI=1S/C27H55NO21P2/c1-14-24(48-50(38,39)44-7-5-3-4-6-28)20(9-30)46-26(14)43-12-18(34)23(37)19(35)13-45-51(40,41)49-25-15(2)27(47-21(25)10-31)42-11-17(33)22(36)16(32)8-29/h14-27,29-37H,3-13,28H2,1-2H3,(H,38,39)(H,40,41)/t14?,15?,16?,17?,18?,19?,20-,21-,22?,23?,24-,25-,26-,27-/m1/s1. The van der Waals surface area contributed by atoms with Gasteiger partial charge in [-0.15, -0.1) is 0 Å². The quantitative estimate of drug-likeness (QED) is 0.0293. The van der Waals surface area contributed by atoms with Crippen molar-refractivity contribution in [2.24, 2.45) is 17.6 Å². The van der Waals surface area contributed by atoms with Crippen molar-refractivity contribution in [3.63, 3.8) is 0 Å². The van der Waals surface area contributed by atoms with E-state index in [0.717, 1.165) is 0 Å². The van der Waals surface area contributed by atoms with Crippen LogP contribution >= 0.6 is 15.6 Å². The van der Waals surface area contributed by atoms with Crippen LogP contribution in [-0.2, 0) is 46.2 Å². The zero-order valence-electron chi connectivity index (χ0n) is 28.3. The highest BCUT2D eigenvalue weighted by Gasteiger charge is 2.49. The summed E-state index contributed by atoms with van der Waals surface area (Å²) in [6, 6.07) is 0. The Bertz CT molecular complexity index is 1080. The third-order valence-electron chi connectivity index (χ3n) is 8.25. The Morgan fingerprint density at radius 1 is 0.647 bits per heavy atom. The van der Waals surface area contributed by atoms with Crippen LogP contribution in [0.2, 0.25) is 0 Å². The summed E-state index contributed by atoms with van der Waals surface area (Å²) in [6.45, 7) is -1.13. The first-order valence-electron chi connectivity index (χ1n) is 16.4. The predicted molar refractivity (Wildman–Crippen MR) is 169 cm³/mol. The van der Waals surface area contributed by atoms with Gasteiger partial charge in [0.25, 0.3) is 0 Å². The van der Waals surface area contributed by atoms with E-state index in [4.69, 9.17) is 47.9 Å². The lowest BCUT2D eigenvalue weighted by Crippen LogP contribution is -2.43. The molecular formula is C27H55NO21P2. The largest absolute Gasteiger partial charge is 0.472 e. The maximum atomic E-state index is 12.7. The van der Waals surface area contributed by atoms with Crippen molar-refractivity contribution < 1.29 is 102 Å². The van der Waals surface area contributed by atoms with Crippen molar-refractivity contribution in [3.05, 3.63) is 0 Å². The molecule has 0 spiro atoms. The molecule has 24 heteroatoms. The van der Waals surface area contributed by atoms with E-state index in [1.165, 1.54) is 13.8 Å². The molecule has 0 aromatic heterocycles. The fraction of sp³-hybridized carbons (Fsp3) is 1.00. The molecule has 0 amide bonds. The van der Waals surface area contributed by atoms with Gasteiger partial charge in [0, 0.05) is 11.8 Å². The van der Waals surface area contributed by atoms with Crippen LogP contribution in [0.5, 0.6) is 0 Å². The first-order chi connectivity index (χ1) is 23.9. The number of phosphoric acid groups is 2. The van der Waals surface area contributed by atoms with Gasteiger partial charge < -0.3 is 80.4 Å². The molecule has 2 fully saturated rings. The third-order valence-corrected chi connectivity index (χ3v) is 10.3. The summed E-state index contributed by atoms with van der Waals surface area (Å²) >= 11 is 0. The fourth-order valence-electron chi connectivity index (χ4n) is 5.18. The number of hydrogen-bond acceptors (Lipinski definition) is 20. The number of unbranched alkanes of at least 4 members (excludes halogenated alkanes) is 2. The molecule has 2 saturated heterocycles. The summed E-state index contributed by atoms with van der Waals surface area (Å²) in [5.74, 6) is -1.67. The second-order valence-corrected chi connectivity index (χ2v) is 15.1. The van der Waals surface area contributed by atoms with Gasteiger partial charge in [-0.3, -0.25) is 18.1 Å². The Morgan fingerprint density at radius 2 is 1.08 bits per heavy atom. The van der Waals surface area contributed by atoms with Gasteiger partial charge in [-0.2, -0.15) is 0 Å². The molecule has 304 valence electrons. The van der Waals surface area contributed by atoms with Crippen LogP contribution in [-0.4, -0.2) is 182 Å². The van der Waals surface area contributed by atoms with Crippen LogP contribution in [0.15, 0.2) is 0 Å². The number of rotatable bonds is 26. The number of ether oxygens (including phenoxy) is 4. The van der Waals surface area contributed by atoms with E-state index in [-0.39, 0.29) is 6.61 Å². The summed E-state index contributed by atoms with van der Waals surface area (Å²) < 4.78 is 67.0. The smallest absolute Gasteiger partial charge is 0.394 e. The van der Waals surface area contributed by atoms with E-state index < -0.39 is 141 Å². The van der Waals surface area contributed by atoms with Crippen molar-refractivity contribution in [1.82, 2.24) is 0 Å². The van der Waals surface area contributed by atoms with E-state index in [1.54, 1.807) is 0 Å². The van der Waals surface area contributed by atoms with Crippen LogP contribution in [0, 0.1) is 11.8 Å². The molecule has 0 radical (unpaired) electrons. The lowest BCUT2D eigenvalue weighted by atomic mass is 10.0. The molecule has 2 aliphatic heterocycles. The molecule has 2 heterocycles. The highest BCUT2D eigenvalue weighted by molar-refractivity contribution is 7.47. The number of phosphoric ester groups is 2. The van der Waals surface area contributed by atoms with Gasteiger partial charge in [0.2, 0.25) is 0 Å². The van der Waals surface area contributed by atoms with Crippen LogP contribution in [0.4, 0.5) is 0 Å². The van der Waals surface area contributed by atoms with Gasteiger partial charge in [-0.05, 0) is 25.8 Å². The molecule has 22 nitrogen and oxygen atoms in total. The number of nitrogens with two attached hydrogens (primary N) is 1. The Kier molecular flexibility index (Phi) is 20.4. The average molecular weight is 792 g/mol. The number of aliphatic hydroxyl groups excluding tert-OH is 9. The molecule has 10 unspecified atom stereocenters. The van der Waals surface area contributed by atoms with Crippen molar-refractivity contribution >= 4 is 15.6 Å². The van der Waals surface area contributed by atoms with Crippen LogP contribution in [0.1, 0.15) is 33.1 Å². The zero-order valence-corrected chi connectivity index (χ0v) is 30.1. The summed E-state index contributed by atoms with van der Waals surface area (Å²) in [6.07, 6.45) is -16.3. The fourth-order valence-corrected chi connectivity index (χ4v) is 7.28. The minimum Gasteiger partial charge on any atom is -0.394 e. The molecule has 51 heavy (non-hydrogen) atoms. The van der Waals surface area contributed by atoms with Crippen molar-refractivity contribution in [2.45, 2.75) is 107 Å². The minimum absolute atomic E-state index is 0.0707. The maximum Gasteiger partial charge on any atom is 0.472 e. The highest BCUT2D eigenvalue weighted by Crippen LogP contribution is 2.50. The molecule has 0 aromatic carbocycles. The molecule has 0 aromatic rings. The van der Waals surface area contributed by atoms with E-state index in [0.29, 0.717) is 25.8 Å². The van der Waals surface area contributed by atoms with Crippen LogP contribution in [0.3, 0.4) is 0 Å². The molecule has 0 aliphatic carbocycles. The van der Waals surface area contributed by atoms with Gasteiger partial charge in [0.1, 0.15) is 61.0 Å². The summed E-state index contributed by atoms with van der Waals surface area (Å²) in [7, 11) is -9.59. The number of aliphatic hydroxyl groups is 9. The average Bonchev–Trinajstić information content (AvgIpc) is 3.56. The van der Waals surface area contributed by atoms with Crippen molar-refractivity contribution in [2.75, 3.05) is 52.8 Å². The summed E-state index contributed by atoms with van der Waals surface area (Å²) in [4.78, 5) is 20.4. The van der Waals surface area contributed by atoms with E-state index in [9.17, 15) is 59.8 Å². The van der Waals surface area contributed by atoms with Crippen molar-refractivity contribution in [3.8, 4) is 0 Å². The maximum absolute atomic E-state index is 12.7. The summed E-state index contributed by atoms with van der Waals surface area (Å²) in [5.41, 5.74) is 5.41. The van der Waals surface area contributed by atoms with Gasteiger partial charge in [-0.25, -0.2) is 9.13 Å². The molecular weight excluding hydrogens is 736 g/mol. The van der Waals surface area contributed by atoms with Crippen molar-refractivity contribution in [1.29, 1.82) is 0 Å². The molecule has 2 rings (SSSR count). The highest BCUT2D eigenvalue weighted by atomic mass is 31.2. The first kappa shape index (κ1) is 46.8. The second-order valence-electron chi connectivity index (χ2n) is 12.3. The third kappa shape index (κ3) is 14.7. The molecule has 0 bridgehead atoms. The van der Waals surface area contributed by atoms with E-state index >= 15 is 0 Å². The monoisotopic (exact) mass is 791 g/mol. The summed E-state index contributed by atoms with van der Waals surface area (Å²) in [5, 5.41) is 88.6. The SMILES string of the molecule is CC1[C@H](OCC(O)C(O)C(O)COP(=O)(O)O[C@@H]2C(C)[C@H](OCC(O)C(O)C(O)CO)O[C@@H]2CO)O[C@H](CO)[C@@H]1OP(=O)(O)OCCCCCN. The van der Waals surface area contributed by atoms with Gasteiger partial charge >= 0.3 is 15.6 Å². The zero-order chi connectivity index (χ0) is 38.5. The molecule has 16 atom stereocenters. The van der Waals surface area contributed by atoms with Gasteiger partial charge in [-0.1, -0.05) is 13.8 Å². The van der Waals surface area contributed by atoms with E-state index in [1.807, 2.05) is 0 Å².